The average Bonchev–Trinajstić information content (AvgIpc) is 2.96. The van der Waals surface area contributed by atoms with E-state index in [1.165, 1.54) is 0 Å². The summed E-state index contributed by atoms with van der Waals surface area (Å²) in [7, 11) is 1.63. The maximum atomic E-state index is 12.6. The molecular formula is C17H26N2O3. The van der Waals surface area contributed by atoms with Gasteiger partial charge in [-0.3, -0.25) is 4.79 Å². The number of amides is 1. The van der Waals surface area contributed by atoms with Crippen LogP contribution in [0.15, 0.2) is 24.3 Å². The molecule has 1 aliphatic rings. The molecule has 122 valence electrons. The zero-order valence-corrected chi connectivity index (χ0v) is 13.6. The molecule has 1 fully saturated rings. The van der Waals surface area contributed by atoms with Crippen molar-refractivity contribution in [3.8, 4) is 5.75 Å². The zero-order valence-electron chi connectivity index (χ0n) is 13.6. The standard InChI is InChI=1S/C17H26N2O3/c1-13(2)10-22-15-6-4-5-14(9-15)19-16(20)17(12-21-3)7-8-18-11-17/h4-6,9,13,18H,7-8,10-12H2,1-3H3,(H,19,20). The molecule has 5 heteroatoms. The minimum atomic E-state index is -0.483. The van der Waals surface area contributed by atoms with Crippen molar-refractivity contribution < 1.29 is 14.3 Å². The molecule has 22 heavy (non-hydrogen) atoms. The van der Waals surface area contributed by atoms with Crippen LogP contribution < -0.4 is 15.4 Å². The number of hydrogen-bond donors (Lipinski definition) is 2. The molecule has 2 rings (SSSR count). The van der Waals surface area contributed by atoms with Crippen LogP contribution in [-0.2, 0) is 9.53 Å². The summed E-state index contributed by atoms with van der Waals surface area (Å²) in [5.41, 5.74) is 0.275. The predicted octanol–water partition coefficient (Wildman–Crippen LogP) is 2.29. The molecule has 1 saturated heterocycles. The van der Waals surface area contributed by atoms with Crippen molar-refractivity contribution in [1.29, 1.82) is 0 Å². The molecule has 1 unspecified atom stereocenters. The molecule has 2 N–H and O–H groups in total. The summed E-state index contributed by atoms with van der Waals surface area (Å²) in [5.74, 6) is 1.24. The molecule has 0 aliphatic carbocycles. The van der Waals surface area contributed by atoms with Gasteiger partial charge in [0.05, 0.1) is 18.6 Å². The van der Waals surface area contributed by atoms with Crippen molar-refractivity contribution in [3.05, 3.63) is 24.3 Å². The van der Waals surface area contributed by atoms with Gasteiger partial charge >= 0.3 is 0 Å². The van der Waals surface area contributed by atoms with Gasteiger partial charge < -0.3 is 20.1 Å². The Morgan fingerprint density at radius 1 is 1.45 bits per heavy atom. The predicted molar refractivity (Wildman–Crippen MR) is 87.2 cm³/mol. The molecule has 0 aromatic heterocycles. The topological polar surface area (TPSA) is 59.6 Å². The molecule has 5 nitrogen and oxygen atoms in total. The van der Waals surface area contributed by atoms with Gasteiger partial charge in [0.1, 0.15) is 5.75 Å². The summed E-state index contributed by atoms with van der Waals surface area (Å²) in [4.78, 5) is 12.6. The van der Waals surface area contributed by atoms with E-state index in [9.17, 15) is 4.79 Å². The second kappa shape index (κ2) is 7.61. The van der Waals surface area contributed by atoms with Crippen LogP contribution >= 0.6 is 0 Å². The van der Waals surface area contributed by atoms with E-state index >= 15 is 0 Å². The van der Waals surface area contributed by atoms with Crippen molar-refractivity contribution in [3.63, 3.8) is 0 Å². The third kappa shape index (κ3) is 4.21. The fraction of sp³-hybridized carbons (Fsp3) is 0.588. The molecule has 1 aliphatic heterocycles. The summed E-state index contributed by atoms with van der Waals surface area (Å²) < 4.78 is 11.0. The van der Waals surface area contributed by atoms with E-state index < -0.39 is 5.41 Å². The molecule has 1 aromatic carbocycles. The molecule has 1 amide bonds. The molecule has 1 aromatic rings. The number of benzene rings is 1. The van der Waals surface area contributed by atoms with Gasteiger partial charge in [0.2, 0.25) is 5.91 Å². The van der Waals surface area contributed by atoms with Crippen LogP contribution in [0.2, 0.25) is 0 Å². The van der Waals surface area contributed by atoms with Crippen LogP contribution in [0.4, 0.5) is 5.69 Å². The lowest BCUT2D eigenvalue weighted by atomic mass is 9.87. The SMILES string of the molecule is COCC1(C(=O)Nc2cccc(OCC(C)C)c2)CCNC1. The molecule has 0 saturated carbocycles. The average molecular weight is 306 g/mol. The number of hydrogen-bond acceptors (Lipinski definition) is 4. The maximum absolute atomic E-state index is 12.6. The maximum Gasteiger partial charge on any atom is 0.234 e. The number of anilines is 1. The van der Waals surface area contributed by atoms with E-state index in [2.05, 4.69) is 24.5 Å². The van der Waals surface area contributed by atoms with Crippen LogP contribution in [0.5, 0.6) is 5.75 Å². The number of methoxy groups -OCH3 is 1. The molecule has 0 radical (unpaired) electrons. The highest BCUT2D eigenvalue weighted by Gasteiger charge is 2.41. The molecular weight excluding hydrogens is 280 g/mol. The summed E-state index contributed by atoms with van der Waals surface area (Å²) in [6.45, 7) is 6.79. The van der Waals surface area contributed by atoms with E-state index in [0.717, 1.165) is 24.4 Å². The summed E-state index contributed by atoms with van der Waals surface area (Å²) >= 11 is 0. The number of carbonyl (C=O) groups is 1. The smallest absolute Gasteiger partial charge is 0.234 e. The Hall–Kier alpha value is -1.59. The van der Waals surface area contributed by atoms with Crippen LogP contribution in [0.25, 0.3) is 0 Å². The van der Waals surface area contributed by atoms with E-state index in [4.69, 9.17) is 9.47 Å². The van der Waals surface area contributed by atoms with E-state index in [1.807, 2.05) is 24.3 Å². The molecule has 0 spiro atoms. The number of nitrogens with one attached hydrogen (secondary N) is 2. The number of rotatable bonds is 7. The fourth-order valence-electron chi connectivity index (χ4n) is 2.59. The Bertz CT molecular complexity index is 496. The van der Waals surface area contributed by atoms with Gasteiger partial charge in [-0.2, -0.15) is 0 Å². The van der Waals surface area contributed by atoms with Gasteiger partial charge in [0, 0.05) is 25.4 Å². The monoisotopic (exact) mass is 306 g/mol. The lowest BCUT2D eigenvalue weighted by Crippen LogP contribution is -2.41. The first kappa shape index (κ1) is 16.8. The lowest BCUT2D eigenvalue weighted by molar-refractivity contribution is -0.127. The van der Waals surface area contributed by atoms with Crippen molar-refractivity contribution in [2.75, 3.05) is 38.7 Å². The number of ether oxygens (including phenoxy) is 2. The first-order valence-corrected chi connectivity index (χ1v) is 7.80. The van der Waals surface area contributed by atoms with Gasteiger partial charge in [0.25, 0.3) is 0 Å². The van der Waals surface area contributed by atoms with Crippen LogP contribution in [0.3, 0.4) is 0 Å². The normalized spacial score (nSPS) is 21.1. The highest BCUT2D eigenvalue weighted by atomic mass is 16.5. The van der Waals surface area contributed by atoms with Crippen LogP contribution in [-0.4, -0.2) is 39.3 Å². The minimum Gasteiger partial charge on any atom is -0.493 e. The molecule has 1 heterocycles. The zero-order chi connectivity index (χ0) is 16.0. The molecule has 1 atom stereocenters. The highest BCUT2D eigenvalue weighted by molar-refractivity contribution is 5.96. The quantitative estimate of drug-likeness (QED) is 0.811. The first-order valence-electron chi connectivity index (χ1n) is 7.80. The van der Waals surface area contributed by atoms with Gasteiger partial charge in [0.15, 0.2) is 0 Å². The van der Waals surface area contributed by atoms with E-state index in [1.54, 1.807) is 7.11 Å². The van der Waals surface area contributed by atoms with Crippen LogP contribution in [0.1, 0.15) is 20.3 Å². The van der Waals surface area contributed by atoms with Crippen molar-refractivity contribution in [2.45, 2.75) is 20.3 Å². The summed E-state index contributed by atoms with van der Waals surface area (Å²) in [6.07, 6.45) is 0.788. The second-order valence-electron chi connectivity index (χ2n) is 6.33. The Kier molecular flexibility index (Phi) is 5.80. The van der Waals surface area contributed by atoms with Gasteiger partial charge in [-0.1, -0.05) is 19.9 Å². The largest absolute Gasteiger partial charge is 0.493 e. The number of carbonyl (C=O) groups excluding carboxylic acids is 1. The van der Waals surface area contributed by atoms with Crippen molar-refractivity contribution >= 4 is 11.6 Å². The Morgan fingerprint density at radius 3 is 2.91 bits per heavy atom. The highest BCUT2D eigenvalue weighted by Crippen LogP contribution is 2.28. The first-order chi connectivity index (χ1) is 10.6. The summed E-state index contributed by atoms with van der Waals surface area (Å²) in [5, 5.41) is 6.24. The van der Waals surface area contributed by atoms with Crippen molar-refractivity contribution in [2.24, 2.45) is 11.3 Å². The fourth-order valence-corrected chi connectivity index (χ4v) is 2.59. The summed E-state index contributed by atoms with van der Waals surface area (Å²) in [6, 6.07) is 7.54. The van der Waals surface area contributed by atoms with Crippen LogP contribution in [0, 0.1) is 11.3 Å². The van der Waals surface area contributed by atoms with Crippen molar-refractivity contribution in [1.82, 2.24) is 5.32 Å². The Morgan fingerprint density at radius 2 is 2.27 bits per heavy atom. The Labute approximate surface area is 132 Å². The van der Waals surface area contributed by atoms with E-state index in [0.29, 0.717) is 25.7 Å². The van der Waals surface area contributed by atoms with E-state index in [-0.39, 0.29) is 5.91 Å². The van der Waals surface area contributed by atoms with Gasteiger partial charge in [-0.05, 0) is 31.0 Å². The lowest BCUT2D eigenvalue weighted by Gasteiger charge is -2.26. The third-order valence-corrected chi connectivity index (χ3v) is 3.82. The Balaban J connectivity index is 2.03. The molecule has 0 bridgehead atoms. The second-order valence-corrected chi connectivity index (χ2v) is 6.33. The third-order valence-electron chi connectivity index (χ3n) is 3.82. The van der Waals surface area contributed by atoms with Gasteiger partial charge in [-0.25, -0.2) is 0 Å². The minimum absolute atomic E-state index is 0.000333. The van der Waals surface area contributed by atoms with Gasteiger partial charge in [-0.15, -0.1) is 0 Å².